The van der Waals surface area contributed by atoms with Crippen molar-refractivity contribution in [3.63, 3.8) is 0 Å². The van der Waals surface area contributed by atoms with E-state index in [2.05, 4.69) is 22.6 Å². The topological polar surface area (TPSA) is 44.4 Å². The Balaban J connectivity index is 2.33. The molecule has 1 unspecified atom stereocenters. The number of nitrogens with zero attached hydrogens (tertiary/aromatic N) is 1. The molecule has 1 heterocycles. The molecule has 15 heavy (non-hydrogen) atoms. The lowest BCUT2D eigenvalue weighted by Gasteiger charge is -2.33. The summed E-state index contributed by atoms with van der Waals surface area (Å²) in [7, 11) is 2.11. The summed E-state index contributed by atoms with van der Waals surface area (Å²) in [5, 5.41) is 6.34. The van der Waals surface area contributed by atoms with Gasteiger partial charge in [0.15, 0.2) is 0 Å². The molecule has 0 radical (unpaired) electrons. The van der Waals surface area contributed by atoms with Gasteiger partial charge in [0, 0.05) is 37.6 Å². The minimum absolute atomic E-state index is 0.126. The maximum absolute atomic E-state index is 11.7. The van der Waals surface area contributed by atoms with Gasteiger partial charge < -0.3 is 10.6 Å². The summed E-state index contributed by atoms with van der Waals surface area (Å²) >= 11 is 0. The van der Waals surface area contributed by atoms with Crippen molar-refractivity contribution < 1.29 is 4.79 Å². The first-order valence-corrected chi connectivity index (χ1v) is 5.60. The van der Waals surface area contributed by atoms with Crippen LogP contribution in [0.1, 0.15) is 20.8 Å². The van der Waals surface area contributed by atoms with Crippen molar-refractivity contribution in [2.24, 2.45) is 5.41 Å². The average Bonchev–Trinajstić information content (AvgIpc) is 2.14. The molecule has 1 atom stereocenters. The fraction of sp³-hybridized carbons (Fsp3) is 0.909. The van der Waals surface area contributed by atoms with E-state index >= 15 is 0 Å². The first-order chi connectivity index (χ1) is 6.91. The van der Waals surface area contributed by atoms with Crippen LogP contribution in [0.2, 0.25) is 0 Å². The number of carbonyl (C=O) groups excluding carboxylic acids is 1. The Hall–Kier alpha value is -0.610. The van der Waals surface area contributed by atoms with Crippen LogP contribution in [-0.4, -0.2) is 50.1 Å². The summed E-state index contributed by atoms with van der Waals surface area (Å²) in [6.07, 6.45) is 0. The first kappa shape index (κ1) is 12.5. The zero-order chi connectivity index (χ0) is 11.5. The molecule has 0 aromatic carbocycles. The molecule has 4 nitrogen and oxygen atoms in total. The minimum Gasteiger partial charge on any atom is -0.354 e. The summed E-state index contributed by atoms with van der Waals surface area (Å²) < 4.78 is 0. The Kier molecular flexibility index (Phi) is 4.11. The molecule has 4 heteroatoms. The van der Waals surface area contributed by atoms with Crippen LogP contribution >= 0.6 is 0 Å². The predicted molar refractivity (Wildman–Crippen MR) is 61.8 cm³/mol. The molecule has 1 fully saturated rings. The van der Waals surface area contributed by atoms with Crippen LogP contribution < -0.4 is 10.6 Å². The Labute approximate surface area is 92.4 Å². The molecule has 2 N–H and O–H groups in total. The highest BCUT2D eigenvalue weighted by molar-refractivity contribution is 5.81. The lowest BCUT2D eigenvalue weighted by Crippen LogP contribution is -2.54. The summed E-state index contributed by atoms with van der Waals surface area (Å²) in [5.74, 6) is 0.126. The number of likely N-dealkylation sites (N-methyl/N-ethyl adjacent to an activating group) is 1. The van der Waals surface area contributed by atoms with E-state index in [1.807, 2.05) is 20.8 Å². The highest BCUT2D eigenvalue weighted by Gasteiger charge is 2.24. The van der Waals surface area contributed by atoms with Crippen LogP contribution in [0.5, 0.6) is 0 Å². The monoisotopic (exact) mass is 213 g/mol. The number of hydrogen-bond donors (Lipinski definition) is 2. The summed E-state index contributed by atoms with van der Waals surface area (Å²) in [6.45, 7) is 9.60. The molecule has 1 rings (SSSR count). The van der Waals surface area contributed by atoms with Gasteiger partial charge in [-0.2, -0.15) is 0 Å². The van der Waals surface area contributed by atoms with Gasteiger partial charge in [0.05, 0.1) is 0 Å². The first-order valence-electron chi connectivity index (χ1n) is 5.60. The lowest BCUT2D eigenvalue weighted by atomic mass is 9.95. The molecule has 88 valence electrons. The number of amides is 1. The maximum atomic E-state index is 11.7. The normalized spacial score (nSPS) is 23.9. The van der Waals surface area contributed by atoms with Crippen LogP contribution in [0, 0.1) is 5.41 Å². The van der Waals surface area contributed by atoms with E-state index in [0.717, 1.165) is 26.2 Å². The third-order valence-corrected chi connectivity index (χ3v) is 2.82. The van der Waals surface area contributed by atoms with Gasteiger partial charge in [0.2, 0.25) is 5.91 Å². The van der Waals surface area contributed by atoms with E-state index in [4.69, 9.17) is 0 Å². The second-order valence-electron chi connectivity index (χ2n) is 5.30. The number of piperazine rings is 1. The van der Waals surface area contributed by atoms with Crippen molar-refractivity contribution >= 4 is 5.91 Å². The van der Waals surface area contributed by atoms with Crippen molar-refractivity contribution in [3.05, 3.63) is 0 Å². The van der Waals surface area contributed by atoms with Gasteiger partial charge in [-0.1, -0.05) is 20.8 Å². The van der Waals surface area contributed by atoms with Crippen molar-refractivity contribution in [1.29, 1.82) is 0 Å². The smallest absolute Gasteiger partial charge is 0.225 e. The van der Waals surface area contributed by atoms with Gasteiger partial charge in [-0.15, -0.1) is 0 Å². The molecule has 1 saturated heterocycles. The van der Waals surface area contributed by atoms with Gasteiger partial charge in [-0.25, -0.2) is 0 Å². The number of rotatable bonds is 2. The zero-order valence-electron chi connectivity index (χ0n) is 10.3. The molecule has 0 bridgehead atoms. The Bertz CT molecular complexity index is 222. The maximum Gasteiger partial charge on any atom is 0.225 e. The standard InChI is InChI=1S/C11H23N3O/c1-11(2,3)10(15)13-8-9-7-12-5-6-14(9)4/h9,12H,5-8H2,1-4H3,(H,13,15). The fourth-order valence-electron chi connectivity index (χ4n) is 1.57. The number of hydrogen-bond acceptors (Lipinski definition) is 3. The molecule has 0 aliphatic carbocycles. The Morgan fingerprint density at radius 2 is 2.20 bits per heavy atom. The Morgan fingerprint density at radius 1 is 1.53 bits per heavy atom. The van der Waals surface area contributed by atoms with Crippen LogP contribution in [0.25, 0.3) is 0 Å². The molecule has 0 spiro atoms. The van der Waals surface area contributed by atoms with E-state index in [9.17, 15) is 4.79 Å². The van der Waals surface area contributed by atoms with Gasteiger partial charge in [0.25, 0.3) is 0 Å². The lowest BCUT2D eigenvalue weighted by molar-refractivity contribution is -0.128. The molecular formula is C11H23N3O. The predicted octanol–water partition coefficient (Wildman–Crippen LogP) is 0.0523. The minimum atomic E-state index is -0.291. The highest BCUT2D eigenvalue weighted by Crippen LogP contribution is 2.12. The number of nitrogens with one attached hydrogen (secondary N) is 2. The largest absolute Gasteiger partial charge is 0.354 e. The van der Waals surface area contributed by atoms with E-state index in [0.29, 0.717) is 6.04 Å². The second kappa shape index (κ2) is 4.94. The summed E-state index contributed by atoms with van der Waals surface area (Å²) in [6, 6.07) is 0.421. The Morgan fingerprint density at radius 3 is 2.73 bits per heavy atom. The van der Waals surface area contributed by atoms with Crippen LogP contribution in [0.4, 0.5) is 0 Å². The molecular weight excluding hydrogens is 190 g/mol. The van der Waals surface area contributed by atoms with Gasteiger partial charge in [0.1, 0.15) is 0 Å². The van der Waals surface area contributed by atoms with Crippen molar-refractivity contribution in [2.45, 2.75) is 26.8 Å². The van der Waals surface area contributed by atoms with Crippen molar-refractivity contribution in [2.75, 3.05) is 33.2 Å². The molecule has 0 saturated carbocycles. The fourth-order valence-corrected chi connectivity index (χ4v) is 1.57. The molecule has 1 amide bonds. The highest BCUT2D eigenvalue weighted by atomic mass is 16.2. The third kappa shape index (κ3) is 3.80. The molecule has 1 aliphatic heterocycles. The van der Waals surface area contributed by atoms with E-state index < -0.39 is 0 Å². The second-order valence-corrected chi connectivity index (χ2v) is 5.30. The van der Waals surface area contributed by atoms with E-state index in [1.165, 1.54) is 0 Å². The van der Waals surface area contributed by atoms with Crippen LogP contribution in [0.15, 0.2) is 0 Å². The molecule has 1 aliphatic rings. The van der Waals surface area contributed by atoms with Gasteiger partial charge in [-0.05, 0) is 7.05 Å². The van der Waals surface area contributed by atoms with E-state index in [-0.39, 0.29) is 11.3 Å². The third-order valence-electron chi connectivity index (χ3n) is 2.82. The molecule has 0 aromatic rings. The van der Waals surface area contributed by atoms with Crippen LogP contribution in [-0.2, 0) is 4.79 Å². The SMILES string of the molecule is CN1CCNCC1CNC(=O)C(C)(C)C. The van der Waals surface area contributed by atoms with Gasteiger partial charge >= 0.3 is 0 Å². The van der Waals surface area contributed by atoms with Gasteiger partial charge in [-0.3, -0.25) is 9.69 Å². The van der Waals surface area contributed by atoms with Crippen LogP contribution in [0.3, 0.4) is 0 Å². The quantitative estimate of drug-likeness (QED) is 0.681. The average molecular weight is 213 g/mol. The van der Waals surface area contributed by atoms with Crippen molar-refractivity contribution in [3.8, 4) is 0 Å². The zero-order valence-corrected chi connectivity index (χ0v) is 10.3. The van der Waals surface area contributed by atoms with Crippen molar-refractivity contribution in [1.82, 2.24) is 15.5 Å². The molecule has 0 aromatic heterocycles. The van der Waals surface area contributed by atoms with E-state index in [1.54, 1.807) is 0 Å². The summed E-state index contributed by atoms with van der Waals surface area (Å²) in [4.78, 5) is 14.0. The summed E-state index contributed by atoms with van der Waals surface area (Å²) in [5.41, 5.74) is -0.291. The number of carbonyl (C=O) groups is 1.